The first-order chi connectivity index (χ1) is 9.20. The van der Waals surface area contributed by atoms with Gasteiger partial charge in [-0.05, 0) is 30.9 Å². The predicted octanol–water partition coefficient (Wildman–Crippen LogP) is 1.60. The topological polar surface area (TPSA) is 59.2 Å². The second-order valence-corrected chi connectivity index (χ2v) is 5.33. The lowest BCUT2D eigenvalue weighted by Crippen LogP contribution is -2.32. The minimum Gasteiger partial charge on any atom is -0.341 e. The van der Waals surface area contributed by atoms with Gasteiger partial charge in [-0.25, -0.2) is 0 Å². The van der Waals surface area contributed by atoms with E-state index in [1.165, 1.54) is 0 Å². The number of hydrogen-bond donors (Lipinski definition) is 1. The molecule has 0 spiro atoms. The van der Waals surface area contributed by atoms with Crippen molar-refractivity contribution in [1.29, 1.82) is 0 Å². The molecular formula is C15H23N3O. The standard InChI is InChI=1S/C15H23N3O/c1-2-5-12-10-18(11-14(12)16)15(19)8-7-13-6-3-4-9-17-13/h3-4,6,9,12,14H,2,5,7-8,10-11,16H2,1H3/t12-,14-/m1/s1. The minimum absolute atomic E-state index is 0.152. The monoisotopic (exact) mass is 261 g/mol. The van der Waals surface area contributed by atoms with Gasteiger partial charge >= 0.3 is 0 Å². The zero-order valence-corrected chi connectivity index (χ0v) is 11.6. The summed E-state index contributed by atoms with van der Waals surface area (Å²) < 4.78 is 0. The van der Waals surface area contributed by atoms with Gasteiger partial charge in [0.15, 0.2) is 0 Å². The number of hydrogen-bond acceptors (Lipinski definition) is 3. The molecule has 1 aliphatic rings. The SMILES string of the molecule is CCC[C@@H]1CN(C(=O)CCc2ccccn2)C[C@H]1N. The average molecular weight is 261 g/mol. The van der Waals surface area contributed by atoms with Crippen LogP contribution in [0, 0.1) is 5.92 Å². The molecule has 4 nitrogen and oxygen atoms in total. The van der Waals surface area contributed by atoms with E-state index in [9.17, 15) is 4.79 Å². The van der Waals surface area contributed by atoms with Gasteiger partial charge in [0.1, 0.15) is 0 Å². The minimum atomic E-state index is 0.152. The fourth-order valence-corrected chi connectivity index (χ4v) is 2.72. The number of aryl methyl sites for hydroxylation is 1. The number of aromatic nitrogens is 1. The Labute approximate surface area is 115 Å². The Bertz CT molecular complexity index is 407. The van der Waals surface area contributed by atoms with Crippen molar-refractivity contribution in [2.24, 2.45) is 11.7 Å². The van der Waals surface area contributed by atoms with Gasteiger partial charge in [-0.3, -0.25) is 9.78 Å². The Kier molecular flexibility index (Phi) is 4.91. The first-order valence-electron chi connectivity index (χ1n) is 7.14. The molecule has 1 aromatic rings. The second-order valence-electron chi connectivity index (χ2n) is 5.33. The van der Waals surface area contributed by atoms with E-state index in [4.69, 9.17) is 5.73 Å². The molecule has 0 radical (unpaired) electrons. The van der Waals surface area contributed by atoms with E-state index in [-0.39, 0.29) is 11.9 Å². The summed E-state index contributed by atoms with van der Waals surface area (Å²) in [4.78, 5) is 18.3. The van der Waals surface area contributed by atoms with Crippen LogP contribution in [0.3, 0.4) is 0 Å². The lowest BCUT2D eigenvalue weighted by atomic mass is 9.99. The quantitative estimate of drug-likeness (QED) is 0.876. The van der Waals surface area contributed by atoms with Crippen molar-refractivity contribution in [2.45, 2.75) is 38.6 Å². The van der Waals surface area contributed by atoms with Crippen molar-refractivity contribution in [1.82, 2.24) is 9.88 Å². The summed E-state index contributed by atoms with van der Waals surface area (Å²) in [5.41, 5.74) is 7.07. The summed E-state index contributed by atoms with van der Waals surface area (Å²) >= 11 is 0. The Morgan fingerprint density at radius 2 is 2.32 bits per heavy atom. The zero-order valence-electron chi connectivity index (χ0n) is 11.6. The van der Waals surface area contributed by atoms with Crippen LogP contribution in [0.2, 0.25) is 0 Å². The van der Waals surface area contributed by atoms with Crippen LogP contribution in [0.1, 0.15) is 31.9 Å². The number of likely N-dealkylation sites (tertiary alicyclic amines) is 1. The number of nitrogens with two attached hydrogens (primary N) is 1. The van der Waals surface area contributed by atoms with Crippen LogP contribution < -0.4 is 5.73 Å². The molecule has 1 amide bonds. The molecular weight excluding hydrogens is 238 g/mol. The van der Waals surface area contributed by atoms with Crippen LogP contribution in [0.4, 0.5) is 0 Å². The number of nitrogens with zero attached hydrogens (tertiary/aromatic N) is 2. The Balaban J connectivity index is 1.81. The molecule has 19 heavy (non-hydrogen) atoms. The fraction of sp³-hybridized carbons (Fsp3) is 0.600. The number of pyridine rings is 1. The van der Waals surface area contributed by atoms with E-state index in [1.807, 2.05) is 23.1 Å². The molecule has 4 heteroatoms. The maximum Gasteiger partial charge on any atom is 0.223 e. The normalized spacial score (nSPS) is 22.7. The van der Waals surface area contributed by atoms with Crippen molar-refractivity contribution in [3.05, 3.63) is 30.1 Å². The molecule has 0 saturated carbocycles. The van der Waals surface area contributed by atoms with E-state index in [0.29, 0.717) is 25.3 Å². The van der Waals surface area contributed by atoms with E-state index < -0.39 is 0 Å². The summed E-state index contributed by atoms with van der Waals surface area (Å²) in [5, 5.41) is 0. The molecule has 0 unspecified atom stereocenters. The molecule has 1 aromatic heterocycles. The molecule has 104 valence electrons. The summed E-state index contributed by atoms with van der Waals surface area (Å²) in [7, 11) is 0. The molecule has 2 atom stereocenters. The third-order valence-electron chi connectivity index (χ3n) is 3.82. The molecule has 2 N–H and O–H groups in total. The van der Waals surface area contributed by atoms with Crippen molar-refractivity contribution in [2.75, 3.05) is 13.1 Å². The highest BCUT2D eigenvalue weighted by Gasteiger charge is 2.31. The molecule has 1 saturated heterocycles. The maximum atomic E-state index is 12.2. The second kappa shape index (κ2) is 6.66. The van der Waals surface area contributed by atoms with Gasteiger partial charge in [-0.2, -0.15) is 0 Å². The molecule has 0 bridgehead atoms. The fourth-order valence-electron chi connectivity index (χ4n) is 2.72. The predicted molar refractivity (Wildman–Crippen MR) is 75.5 cm³/mol. The summed E-state index contributed by atoms with van der Waals surface area (Å²) in [6.07, 6.45) is 5.26. The van der Waals surface area contributed by atoms with Gasteiger partial charge in [-0.15, -0.1) is 0 Å². The van der Waals surface area contributed by atoms with Crippen molar-refractivity contribution < 1.29 is 4.79 Å². The number of carbonyl (C=O) groups excluding carboxylic acids is 1. The van der Waals surface area contributed by atoms with Gasteiger partial charge in [0.05, 0.1) is 0 Å². The van der Waals surface area contributed by atoms with Gasteiger partial charge in [0, 0.05) is 37.4 Å². The molecule has 2 heterocycles. The third kappa shape index (κ3) is 3.77. The summed E-state index contributed by atoms with van der Waals surface area (Å²) in [6, 6.07) is 5.96. The highest BCUT2D eigenvalue weighted by Crippen LogP contribution is 2.21. The summed E-state index contributed by atoms with van der Waals surface area (Å²) in [6.45, 7) is 3.71. The molecule has 1 aliphatic heterocycles. The molecule has 2 rings (SSSR count). The summed E-state index contributed by atoms with van der Waals surface area (Å²) in [5.74, 6) is 0.684. The van der Waals surface area contributed by atoms with Crippen molar-refractivity contribution >= 4 is 5.91 Å². The van der Waals surface area contributed by atoms with Gasteiger partial charge in [0.2, 0.25) is 5.91 Å². The van der Waals surface area contributed by atoms with Gasteiger partial charge in [-0.1, -0.05) is 19.4 Å². The van der Waals surface area contributed by atoms with E-state index in [2.05, 4.69) is 11.9 Å². The van der Waals surface area contributed by atoms with Crippen molar-refractivity contribution in [3.8, 4) is 0 Å². The van der Waals surface area contributed by atoms with Crippen molar-refractivity contribution in [3.63, 3.8) is 0 Å². The third-order valence-corrected chi connectivity index (χ3v) is 3.82. The van der Waals surface area contributed by atoms with Crippen LogP contribution in [0.25, 0.3) is 0 Å². The first-order valence-corrected chi connectivity index (χ1v) is 7.14. The highest BCUT2D eigenvalue weighted by molar-refractivity contribution is 5.76. The largest absolute Gasteiger partial charge is 0.341 e. The Hall–Kier alpha value is -1.42. The number of amides is 1. The van der Waals surface area contributed by atoms with Gasteiger partial charge < -0.3 is 10.6 Å². The van der Waals surface area contributed by atoms with Crippen LogP contribution in [-0.2, 0) is 11.2 Å². The molecule has 1 fully saturated rings. The molecule has 0 aliphatic carbocycles. The van der Waals surface area contributed by atoms with Crippen LogP contribution in [0.5, 0.6) is 0 Å². The smallest absolute Gasteiger partial charge is 0.223 e. The lowest BCUT2D eigenvalue weighted by molar-refractivity contribution is -0.130. The lowest BCUT2D eigenvalue weighted by Gasteiger charge is -2.16. The number of rotatable bonds is 5. The molecule has 0 aromatic carbocycles. The average Bonchev–Trinajstić information content (AvgIpc) is 2.79. The maximum absolute atomic E-state index is 12.2. The Morgan fingerprint density at radius 1 is 1.47 bits per heavy atom. The van der Waals surface area contributed by atoms with Gasteiger partial charge in [0.25, 0.3) is 0 Å². The van der Waals surface area contributed by atoms with E-state index in [0.717, 1.165) is 25.1 Å². The van der Waals surface area contributed by atoms with Crippen LogP contribution in [-0.4, -0.2) is 34.9 Å². The van der Waals surface area contributed by atoms with E-state index >= 15 is 0 Å². The van der Waals surface area contributed by atoms with E-state index in [1.54, 1.807) is 6.20 Å². The highest BCUT2D eigenvalue weighted by atomic mass is 16.2. The Morgan fingerprint density at radius 3 is 3.00 bits per heavy atom. The van der Waals surface area contributed by atoms with Crippen LogP contribution >= 0.6 is 0 Å². The zero-order chi connectivity index (χ0) is 13.7. The number of carbonyl (C=O) groups is 1. The van der Waals surface area contributed by atoms with Crippen LogP contribution in [0.15, 0.2) is 24.4 Å². The first kappa shape index (κ1) is 14.0.